The Morgan fingerprint density at radius 3 is 2.37 bits per heavy atom. The van der Waals surface area contributed by atoms with Crippen LogP contribution in [0.15, 0.2) is 93.2 Å². The average molecular weight is 479 g/mol. The lowest BCUT2D eigenvalue weighted by atomic mass is 10.2. The molecule has 0 unspecified atom stereocenters. The van der Waals surface area contributed by atoms with Gasteiger partial charge in [-0.3, -0.25) is 9.69 Å². The highest BCUT2D eigenvalue weighted by Gasteiger charge is 2.33. The topological polar surface area (TPSA) is 41.9 Å². The number of thioether (sulfide) groups is 1. The Balaban J connectivity index is 1.66. The highest BCUT2D eigenvalue weighted by Crippen LogP contribution is 2.35. The van der Waals surface area contributed by atoms with Crippen LogP contribution in [0.4, 0.5) is 5.69 Å². The van der Waals surface area contributed by atoms with E-state index in [4.69, 9.17) is 9.73 Å². The van der Waals surface area contributed by atoms with Crippen LogP contribution in [0.1, 0.15) is 11.1 Å². The van der Waals surface area contributed by atoms with E-state index >= 15 is 0 Å². The van der Waals surface area contributed by atoms with E-state index in [1.165, 1.54) is 11.8 Å². The van der Waals surface area contributed by atoms with Crippen LogP contribution < -0.4 is 4.74 Å². The molecule has 3 aromatic carbocycles. The third-order valence-corrected chi connectivity index (χ3v) is 6.07. The maximum absolute atomic E-state index is 13.2. The minimum atomic E-state index is -0.0478. The number of carbonyl (C=O) groups is 1. The minimum Gasteiger partial charge on any atom is -0.497 e. The molecule has 1 aliphatic heterocycles. The molecule has 0 aromatic heterocycles. The summed E-state index contributed by atoms with van der Waals surface area (Å²) >= 11 is 4.84. The molecule has 1 saturated heterocycles. The summed E-state index contributed by atoms with van der Waals surface area (Å²) in [5.74, 6) is 0.739. The van der Waals surface area contributed by atoms with Crippen LogP contribution in [0.3, 0.4) is 0 Å². The first-order chi connectivity index (χ1) is 14.6. The number of hydrogen-bond acceptors (Lipinski definition) is 4. The quantitative estimate of drug-likeness (QED) is 0.406. The highest BCUT2D eigenvalue weighted by molar-refractivity contribution is 9.10. The number of benzene rings is 3. The number of amides is 1. The van der Waals surface area contributed by atoms with Crippen molar-refractivity contribution in [2.45, 2.75) is 6.54 Å². The van der Waals surface area contributed by atoms with Gasteiger partial charge in [0.15, 0.2) is 5.17 Å². The van der Waals surface area contributed by atoms with Crippen molar-refractivity contribution in [3.8, 4) is 5.75 Å². The number of carbonyl (C=O) groups excluding carboxylic acids is 1. The summed E-state index contributed by atoms with van der Waals surface area (Å²) in [4.78, 5) is 20.3. The van der Waals surface area contributed by atoms with Gasteiger partial charge in [-0.2, -0.15) is 0 Å². The summed E-state index contributed by atoms with van der Waals surface area (Å²) in [7, 11) is 1.64. The number of amidine groups is 1. The first kappa shape index (κ1) is 20.4. The van der Waals surface area contributed by atoms with Crippen LogP contribution >= 0.6 is 27.7 Å². The van der Waals surface area contributed by atoms with Crippen molar-refractivity contribution in [2.24, 2.45) is 4.99 Å². The Bertz CT molecular complexity index is 1090. The van der Waals surface area contributed by atoms with Gasteiger partial charge in [-0.15, -0.1) is 0 Å². The van der Waals surface area contributed by atoms with Crippen LogP contribution in [0.25, 0.3) is 6.08 Å². The van der Waals surface area contributed by atoms with Gasteiger partial charge in [0.1, 0.15) is 5.75 Å². The fourth-order valence-corrected chi connectivity index (χ4v) is 4.23. The molecule has 0 N–H and O–H groups in total. The van der Waals surface area contributed by atoms with Gasteiger partial charge in [0.05, 0.1) is 24.2 Å². The molecule has 1 fully saturated rings. The van der Waals surface area contributed by atoms with Crippen LogP contribution in [0.2, 0.25) is 0 Å². The van der Waals surface area contributed by atoms with E-state index in [9.17, 15) is 4.79 Å². The van der Waals surface area contributed by atoms with Crippen LogP contribution in [0.5, 0.6) is 5.75 Å². The van der Waals surface area contributed by atoms with E-state index in [1.807, 2.05) is 84.9 Å². The second kappa shape index (κ2) is 9.32. The molecular weight excluding hydrogens is 460 g/mol. The number of para-hydroxylation sites is 1. The molecule has 30 heavy (non-hydrogen) atoms. The number of ether oxygens (including phenoxy) is 1. The van der Waals surface area contributed by atoms with Crippen LogP contribution in [-0.2, 0) is 11.3 Å². The summed E-state index contributed by atoms with van der Waals surface area (Å²) in [6.07, 6.45) is 1.91. The Kier molecular flexibility index (Phi) is 6.35. The second-order valence-corrected chi connectivity index (χ2v) is 8.56. The van der Waals surface area contributed by atoms with Crippen molar-refractivity contribution in [3.63, 3.8) is 0 Å². The fraction of sp³-hybridized carbons (Fsp3) is 0.0833. The number of methoxy groups -OCH3 is 1. The molecule has 1 heterocycles. The molecule has 0 aliphatic carbocycles. The van der Waals surface area contributed by atoms with E-state index in [-0.39, 0.29) is 5.91 Å². The standard InChI is InChI=1S/C24H19BrN2O2S/c1-29-21-13-9-18(10-14-21)16-27-23(28)22(15-17-7-11-19(25)12-8-17)30-24(27)26-20-5-3-2-4-6-20/h2-15H,16H2,1H3/b22-15-,26-24?. The van der Waals surface area contributed by atoms with Crippen molar-refractivity contribution >= 4 is 50.5 Å². The number of rotatable bonds is 5. The predicted molar refractivity (Wildman–Crippen MR) is 127 cm³/mol. The van der Waals surface area contributed by atoms with Crippen LogP contribution in [0, 0.1) is 0 Å². The predicted octanol–water partition coefficient (Wildman–Crippen LogP) is 6.26. The number of aliphatic imine (C=N–C) groups is 1. The third kappa shape index (κ3) is 4.83. The van der Waals surface area contributed by atoms with Gasteiger partial charge in [0.25, 0.3) is 5.91 Å². The zero-order chi connectivity index (χ0) is 20.9. The lowest BCUT2D eigenvalue weighted by molar-refractivity contribution is -0.122. The molecule has 6 heteroatoms. The molecule has 4 rings (SSSR count). The molecule has 0 bridgehead atoms. The molecule has 0 atom stereocenters. The van der Waals surface area contributed by atoms with Gasteiger partial charge in [0.2, 0.25) is 0 Å². The van der Waals surface area contributed by atoms with Crippen molar-refractivity contribution in [2.75, 3.05) is 7.11 Å². The number of nitrogens with zero attached hydrogens (tertiary/aromatic N) is 2. The Morgan fingerprint density at radius 1 is 1.00 bits per heavy atom. The molecule has 3 aromatic rings. The molecule has 0 saturated carbocycles. The first-order valence-electron chi connectivity index (χ1n) is 9.36. The number of halogens is 1. The lowest BCUT2D eigenvalue weighted by Gasteiger charge is -2.16. The average Bonchev–Trinajstić information content (AvgIpc) is 3.05. The van der Waals surface area contributed by atoms with Crippen molar-refractivity contribution in [3.05, 3.63) is 99.4 Å². The summed E-state index contributed by atoms with van der Waals surface area (Å²) in [5.41, 5.74) is 2.80. The SMILES string of the molecule is COc1ccc(CN2C(=O)/C(=C/c3ccc(Br)cc3)SC2=Nc2ccccc2)cc1. The molecule has 1 amide bonds. The lowest BCUT2D eigenvalue weighted by Crippen LogP contribution is -2.28. The summed E-state index contributed by atoms with van der Waals surface area (Å²) in [6, 6.07) is 25.3. The largest absolute Gasteiger partial charge is 0.497 e. The van der Waals surface area contributed by atoms with Crippen molar-refractivity contribution in [1.82, 2.24) is 4.90 Å². The Labute approximate surface area is 188 Å². The minimum absolute atomic E-state index is 0.0478. The summed E-state index contributed by atoms with van der Waals surface area (Å²) in [6.45, 7) is 0.444. The van der Waals surface area contributed by atoms with Crippen molar-refractivity contribution in [1.29, 1.82) is 0 Å². The molecule has 150 valence electrons. The van der Waals surface area contributed by atoms with E-state index in [1.54, 1.807) is 12.0 Å². The second-order valence-electron chi connectivity index (χ2n) is 6.63. The fourth-order valence-electron chi connectivity index (χ4n) is 2.97. The van der Waals surface area contributed by atoms with E-state index in [0.717, 1.165) is 27.0 Å². The smallest absolute Gasteiger partial charge is 0.267 e. The van der Waals surface area contributed by atoms with E-state index < -0.39 is 0 Å². The molecule has 0 spiro atoms. The van der Waals surface area contributed by atoms with E-state index in [2.05, 4.69) is 15.9 Å². The monoisotopic (exact) mass is 478 g/mol. The summed E-state index contributed by atoms with van der Waals surface area (Å²) in [5, 5.41) is 0.672. The first-order valence-corrected chi connectivity index (χ1v) is 11.0. The third-order valence-electron chi connectivity index (χ3n) is 4.54. The van der Waals surface area contributed by atoms with Gasteiger partial charge < -0.3 is 4.74 Å². The maximum atomic E-state index is 13.2. The zero-order valence-electron chi connectivity index (χ0n) is 16.3. The normalized spacial score (nSPS) is 16.5. The molecule has 1 aliphatic rings. The Hall–Kier alpha value is -2.83. The van der Waals surface area contributed by atoms with Crippen LogP contribution in [-0.4, -0.2) is 23.1 Å². The molecule has 4 nitrogen and oxygen atoms in total. The van der Waals surface area contributed by atoms with Gasteiger partial charge >= 0.3 is 0 Å². The Morgan fingerprint density at radius 2 is 1.70 bits per heavy atom. The maximum Gasteiger partial charge on any atom is 0.267 e. The highest BCUT2D eigenvalue weighted by atomic mass is 79.9. The van der Waals surface area contributed by atoms with Gasteiger partial charge in [0, 0.05) is 4.47 Å². The molecule has 0 radical (unpaired) electrons. The van der Waals surface area contributed by atoms with Gasteiger partial charge in [-0.1, -0.05) is 58.4 Å². The van der Waals surface area contributed by atoms with Gasteiger partial charge in [-0.05, 0) is 65.4 Å². The van der Waals surface area contributed by atoms with Gasteiger partial charge in [-0.25, -0.2) is 4.99 Å². The zero-order valence-corrected chi connectivity index (χ0v) is 18.7. The van der Waals surface area contributed by atoms with E-state index in [0.29, 0.717) is 16.6 Å². The van der Waals surface area contributed by atoms with Crippen molar-refractivity contribution < 1.29 is 9.53 Å². The number of hydrogen-bond donors (Lipinski definition) is 0. The summed E-state index contributed by atoms with van der Waals surface area (Å²) < 4.78 is 6.23. The molecular formula is C24H19BrN2O2S.